The number of nitrogens with zero attached hydrogens (tertiary/aromatic N) is 1. The second-order valence-corrected chi connectivity index (χ2v) is 5.46. The lowest BCUT2D eigenvalue weighted by molar-refractivity contribution is 0.104. The molecule has 5 heteroatoms. The first-order valence-electron chi connectivity index (χ1n) is 4.07. The second-order valence-electron chi connectivity index (χ2n) is 2.82. The Morgan fingerprint density at radius 3 is 2.80 bits per heavy atom. The van der Waals surface area contributed by atoms with Crippen molar-refractivity contribution in [1.82, 2.24) is 4.98 Å². The molecule has 2 aromatic heterocycles. The van der Waals surface area contributed by atoms with Crippen LogP contribution in [0.2, 0.25) is 4.34 Å². The fraction of sp³-hybridized carbons (Fsp3) is 0. The predicted octanol–water partition coefficient (Wildman–Crippen LogP) is 3.79. The number of carbonyl (C=O) groups is 1. The maximum Gasteiger partial charge on any atom is 0.204 e. The molecule has 0 atom stereocenters. The zero-order valence-electron chi connectivity index (χ0n) is 7.41. The van der Waals surface area contributed by atoms with Gasteiger partial charge in [0.1, 0.15) is 0 Å². The van der Waals surface area contributed by atoms with Gasteiger partial charge in [0, 0.05) is 22.4 Å². The first-order valence-corrected chi connectivity index (χ1v) is 6.06. The van der Waals surface area contributed by atoms with Crippen LogP contribution in [0.4, 0.5) is 0 Å². The van der Waals surface area contributed by atoms with Gasteiger partial charge in [0.2, 0.25) is 5.78 Å². The average Bonchev–Trinajstić information content (AvgIpc) is 2.64. The Hall–Kier alpha value is -0.710. The lowest BCUT2D eigenvalue weighted by atomic mass is 10.2. The van der Waals surface area contributed by atoms with E-state index in [1.807, 2.05) is 0 Å². The highest BCUT2D eigenvalue weighted by Gasteiger charge is 2.11. The summed E-state index contributed by atoms with van der Waals surface area (Å²) in [5, 5.41) is 0. The molecular weight excluding hydrogens is 298 g/mol. The lowest BCUT2D eigenvalue weighted by Gasteiger charge is -1.97. The van der Waals surface area contributed by atoms with Crippen molar-refractivity contribution in [1.29, 1.82) is 0 Å². The molecular formula is C10H5BrClNOS. The van der Waals surface area contributed by atoms with Crippen molar-refractivity contribution in [2.75, 3.05) is 0 Å². The first-order chi connectivity index (χ1) is 7.16. The van der Waals surface area contributed by atoms with E-state index in [1.54, 1.807) is 30.6 Å². The molecule has 0 aliphatic heterocycles. The quantitative estimate of drug-likeness (QED) is 0.790. The van der Waals surface area contributed by atoms with Gasteiger partial charge in [-0.25, -0.2) is 0 Å². The van der Waals surface area contributed by atoms with Crippen molar-refractivity contribution >= 4 is 44.7 Å². The van der Waals surface area contributed by atoms with E-state index >= 15 is 0 Å². The molecule has 2 nitrogen and oxygen atoms in total. The minimum absolute atomic E-state index is 0.0549. The summed E-state index contributed by atoms with van der Waals surface area (Å²) in [5.74, 6) is -0.0549. The number of carbonyl (C=O) groups excluding carboxylic acids is 1. The lowest BCUT2D eigenvalue weighted by Crippen LogP contribution is -1.98. The van der Waals surface area contributed by atoms with Gasteiger partial charge in [-0.2, -0.15) is 0 Å². The summed E-state index contributed by atoms with van der Waals surface area (Å²) in [6.45, 7) is 0. The van der Waals surface area contributed by atoms with Gasteiger partial charge < -0.3 is 0 Å². The maximum absolute atomic E-state index is 11.9. The van der Waals surface area contributed by atoms with Gasteiger partial charge in [0.05, 0.1) is 9.21 Å². The molecule has 76 valence electrons. The van der Waals surface area contributed by atoms with Crippen LogP contribution in [0.15, 0.2) is 35.1 Å². The molecule has 0 radical (unpaired) electrons. The Bertz CT molecular complexity index is 512. The van der Waals surface area contributed by atoms with Gasteiger partial charge in [-0.15, -0.1) is 11.3 Å². The second kappa shape index (κ2) is 4.43. The summed E-state index contributed by atoms with van der Waals surface area (Å²) < 4.78 is 1.40. The van der Waals surface area contributed by atoms with Gasteiger partial charge in [-0.3, -0.25) is 9.78 Å². The Kier molecular flexibility index (Phi) is 3.19. The fourth-order valence-corrected chi connectivity index (χ4v) is 2.48. The fourth-order valence-electron chi connectivity index (χ4n) is 1.11. The van der Waals surface area contributed by atoms with E-state index in [-0.39, 0.29) is 5.78 Å². The van der Waals surface area contributed by atoms with Gasteiger partial charge in [0.25, 0.3) is 0 Å². The molecule has 0 unspecified atom stereocenters. The predicted molar refractivity (Wildman–Crippen MR) is 64.7 cm³/mol. The van der Waals surface area contributed by atoms with Crippen molar-refractivity contribution in [2.45, 2.75) is 0 Å². The summed E-state index contributed by atoms with van der Waals surface area (Å²) in [4.78, 5) is 16.5. The Labute approximate surface area is 104 Å². The Balaban J connectivity index is 2.36. The summed E-state index contributed by atoms with van der Waals surface area (Å²) in [7, 11) is 0. The van der Waals surface area contributed by atoms with Crippen LogP contribution in [0.5, 0.6) is 0 Å². The first kappa shape index (κ1) is 10.8. The summed E-state index contributed by atoms with van der Waals surface area (Å²) in [6, 6.07) is 5.17. The molecule has 0 aliphatic rings. The van der Waals surface area contributed by atoms with Crippen LogP contribution >= 0.6 is 38.9 Å². The zero-order chi connectivity index (χ0) is 10.8. The van der Waals surface area contributed by atoms with E-state index in [9.17, 15) is 4.79 Å². The zero-order valence-corrected chi connectivity index (χ0v) is 10.6. The molecule has 0 bridgehead atoms. The number of aromatic nitrogens is 1. The van der Waals surface area contributed by atoms with Gasteiger partial charge in [0.15, 0.2) is 0 Å². The highest BCUT2D eigenvalue weighted by molar-refractivity contribution is 9.10. The van der Waals surface area contributed by atoms with Crippen molar-refractivity contribution in [3.05, 3.63) is 49.8 Å². The minimum Gasteiger partial charge on any atom is -0.288 e. The van der Waals surface area contributed by atoms with Crippen molar-refractivity contribution in [3.63, 3.8) is 0 Å². The number of pyridine rings is 1. The minimum atomic E-state index is -0.0549. The highest BCUT2D eigenvalue weighted by Crippen LogP contribution is 2.24. The molecule has 0 spiro atoms. The molecule has 2 rings (SSSR count). The van der Waals surface area contributed by atoms with Crippen LogP contribution < -0.4 is 0 Å². The van der Waals surface area contributed by atoms with Crippen LogP contribution in [0.1, 0.15) is 15.2 Å². The number of rotatable bonds is 2. The van der Waals surface area contributed by atoms with Crippen molar-refractivity contribution in [3.8, 4) is 0 Å². The van der Waals surface area contributed by atoms with Crippen molar-refractivity contribution in [2.24, 2.45) is 0 Å². The maximum atomic E-state index is 11.9. The molecule has 0 saturated carbocycles. The van der Waals surface area contributed by atoms with E-state index in [4.69, 9.17) is 11.6 Å². The van der Waals surface area contributed by atoms with E-state index in [1.165, 1.54) is 11.3 Å². The van der Waals surface area contributed by atoms with E-state index in [0.717, 1.165) is 4.47 Å². The Morgan fingerprint density at radius 2 is 2.20 bits per heavy atom. The standard InChI is InChI=1S/C10H5BrClNOS/c11-7-3-6(4-13-5-7)10(14)8-1-2-9(12)15-8/h1-5H. The summed E-state index contributed by atoms with van der Waals surface area (Å²) in [6.07, 6.45) is 3.18. The van der Waals surface area contributed by atoms with E-state index in [2.05, 4.69) is 20.9 Å². The van der Waals surface area contributed by atoms with Crippen LogP contribution in [0.25, 0.3) is 0 Å². The number of hydrogen-bond donors (Lipinski definition) is 0. The third-order valence-electron chi connectivity index (χ3n) is 1.76. The number of halogens is 2. The SMILES string of the molecule is O=C(c1cncc(Br)c1)c1ccc(Cl)s1. The molecule has 0 amide bonds. The molecule has 0 aromatic carbocycles. The number of ketones is 1. The molecule has 0 N–H and O–H groups in total. The molecule has 0 fully saturated rings. The summed E-state index contributed by atoms with van der Waals surface area (Å²) in [5.41, 5.74) is 0.558. The monoisotopic (exact) mass is 301 g/mol. The highest BCUT2D eigenvalue weighted by atomic mass is 79.9. The number of hydrogen-bond acceptors (Lipinski definition) is 3. The molecule has 0 saturated heterocycles. The third kappa shape index (κ3) is 2.45. The van der Waals surface area contributed by atoms with E-state index < -0.39 is 0 Å². The summed E-state index contributed by atoms with van der Waals surface area (Å²) >= 11 is 10.3. The van der Waals surface area contributed by atoms with Crippen LogP contribution in [0, 0.1) is 0 Å². The molecule has 15 heavy (non-hydrogen) atoms. The smallest absolute Gasteiger partial charge is 0.204 e. The normalized spacial score (nSPS) is 10.3. The largest absolute Gasteiger partial charge is 0.288 e. The van der Waals surface area contributed by atoms with Gasteiger partial charge >= 0.3 is 0 Å². The van der Waals surface area contributed by atoms with Gasteiger partial charge in [-0.1, -0.05) is 11.6 Å². The van der Waals surface area contributed by atoms with Crippen LogP contribution in [-0.4, -0.2) is 10.8 Å². The topological polar surface area (TPSA) is 30.0 Å². The van der Waals surface area contributed by atoms with Crippen LogP contribution in [-0.2, 0) is 0 Å². The Morgan fingerprint density at radius 1 is 1.40 bits per heavy atom. The molecule has 2 aromatic rings. The molecule has 0 aliphatic carbocycles. The van der Waals surface area contributed by atoms with E-state index in [0.29, 0.717) is 14.8 Å². The molecule has 2 heterocycles. The van der Waals surface area contributed by atoms with Crippen LogP contribution in [0.3, 0.4) is 0 Å². The van der Waals surface area contributed by atoms with Gasteiger partial charge in [-0.05, 0) is 34.1 Å². The third-order valence-corrected chi connectivity index (χ3v) is 3.43. The number of thiophene rings is 1. The van der Waals surface area contributed by atoms with Crippen molar-refractivity contribution < 1.29 is 4.79 Å². The average molecular weight is 303 g/mol.